The van der Waals surface area contributed by atoms with E-state index in [-0.39, 0.29) is 10.6 Å². The van der Waals surface area contributed by atoms with Crippen LogP contribution in [0.1, 0.15) is 57.4 Å². The van der Waals surface area contributed by atoms with Crippen LogP contribution < -0.4 is 4.74 Å². The van der Waals surface area contributed by atoms with Crippen LogP contribution in [0.5, 0.6) is 17.2 Å². The highest BCUT2D eigenvalue weighted by molar-refractivity contribution is 7.85. The number of aromatic hydroxyl groups is 1. The van der Waals surface area contributed by atoms with Gasteiger partial charge in [0.05, 0.1) is 4.90 Å². The molecule has 2 aromatic carbocycles. The van der Waals surface area contributed by atoms with E-state index < -0.39 is 10.1 Å². The normalized spacial score (nSPS) is 11.5. The Balaban J connectivity index is 2.04. The summed E-state index contributed by atoms with van der Waals surface area (Å²) < 4.78 is 38.5. The van der Waals surface area contributed by atoms with Crippen molar-refractivity contribution in [3.63, 3.8) is 0 Å². The van der Waals surface area contributed by atoms with Crippen LogP contribution in [0.25, 0.3) is 0 Å². The minimum Gasteiger partial charge on any atom is -0.508 e. The van der Waals surface area contributed by atoms with Crippen molar-refractivity contribution in [1.82, 2.24) is 0 Å². The van der Waals surface area contributed by atoms with Gasteiger partial charge in [0.2, 0.25) is 0 Å². The number of ether oxygens (including phenoxy) is 1. The highest BCUT2D eigenvalue weighted by Crippen LogP contribution is 2.28. The highest BCUT2D eigenvalue weighted by Gasteiger charge is 2.16. The molecular weight excluding hydrogens is 364 g/mol. The first-order chi connectivity index (χ1) is 12.9. The van der Waals surface area contributed by atoms with Crippen molar-refractivity contribution < 1.29 is 22.8 Å². The third-order valence-electron chi connectivity index (χ3n) is 4.43. The van der Waals surface area contributed by atoms with Crippen molar-refractivity contribution in [2.45, 2.75) is 63.2 Å². The maximum absolute atomic E-state index is 11.7. The van der Waals surface area contributed by atoms with E-state index in [1.54, 1.807) is 18.2 Å². The standard InChI is InChI=1S/C21H28O5S/c1-2-3-4-5-6-7-8-9-17-16-20(14-15-21(17)27(23,24)25)26-19-12-10-18(22)11-13-19/h10-16,22H,2-9H2,1H3,(H,23,24,25). The molecule has 0 heterocycles. The topological polar surface area (TPSA) is 83.8 Å². The number of phenolic OH excluding ortho intramolecular Hbond substituents is 1. The van der Waals surface area contributed by atoms with E-state index in [0.717, 1.165) is 19.3 Å². The van der Waals surface area contributed by atoms with Crippen LogP contribution in [0.4, 0.5) is 0 Å². The number of rotatable bonds is 11. The molecule has 148 valence electrons. The lowest BCUT2D eigenvalue weighted by Crippen LogP contribution is -2.04. The summed E-state index contributed by atoms with van der Waals surface area (Å²) in [5, 5.41) is 9.33. The summed E-state index contributed by atoms with van der Waals surface area (Å²) in [6, 6.07) is 10.8. The van der Waals surface area contributed by atoms with Crippen molar-refractivity contribution in [3.05, 3.63) is 48.0 Å². The first kappa shape index (κ1) is 21.3. The molecule has 0 aliphatic rings. The fourth-order valence-electron chi connectivity index (χ4n) is 2.99. The first-order valence-electron chi connectivity index (χ1n) is 9.47. The SMILES string of the molecule is CCCCCCCCCc1cc(Oc2ccc(O)cc2)ccc1S(=O)(=O)O. The number of unbranched alkanes of at least 4 members (excludes halogenated alkanes) is 6. The van der Waals surface area contributed by atoms with Crippen LogP contribution in [-0.2, 0) is 16.5 Å². The van der Waals surface area contributed by atoms with Gasteiger partial charge in [-0.3, -0.25) is 4.55 Å². The van der Waals surface area contributed by atoms with Gasteiger partial charge in [0.15, 0.2) is 0 Å². The molecule has 5 nitrogen and oxygen atoms in total. The molecule has 0 aliphatic carbocycles. The van der Waals surface area contributed by atoms with E-state index in [4.69, 9.17) is 4.74 Å². The number of hydrogen-bond donors (Lipinski definition) is 2. The van der Waals surface area contributed by atoms with E-state index in [2.05, 4.69) is 6.92 Å². The molecule has 0 unspecified atom stereocenters. The third kappa shape index (κ3) is 7.23. The Labute approximate surface area is 161 Å². The van der Waals surface area contributed by atoms with E-state index in [1.807, 2.05) is 0 Å². The Morgan fingerprint density at radius 2 is 1.44 bits per heavy atom. The Morgan fingerprint density at radius 3 is 2.07 bits per heavy atom. The molecule has 0 saturated carbocycles. The van der Waals surface area contributed by atoms with Crippen molar-refractivity contribution in [1.29, 1.82) is 0 Å². The second-order valence-electron chi connectivity index (χ2n) is 6.71. The van der Waals surface area contributed by atoms with Gasteiger partial charge in [0, 0.05) is 0 Å². The zero-order valence-corrected chi connectivity index (χ0v) is 16.5. The lowest BCUT2D eigenvalue weighted by molar-refractivity contribution is 0.462. The zero-order valence-electron chi connectivity index (χ0n) is 15.7. The summed E-state index contributed by atoms with van der Waals surface area (Å²) in [7, 11) is -4.27. The highest BCUT2D eigenvalue weighted by atomic mass is 32.2. The van der Waals surface area contributed by atoms with Gasteiger partial charge in [-0.1, -0.05) is 45.4 Å². The molecule has 0 radical (unpaired) electrons. The third-order valence-corrected chi connectivity index (χ3v) is 5.39. The Morgan fingerprint density at radius 1 is 0.852 bits per heavy atom. The Kier molecular flexibility index (Phi) is 8.13. The van der Waals surface area contributed by atoms with Crippen LogP contribution in [0.3, 0.4) is 0 Å². The molecule has 0 bridgehead atoms. The van der Waals surface area contributed by atoms with E-state index in [0.29, 0.717) is 23.5 Å². The van der Waals surface area contributed by atoms with Crippen LogP contribution in [-0.4, -0.2) is 18.1 Å². The molecule has 0 spiro atoms. The van der Waals surface area contributed by atoms with Gasteiger partial charge in [0.25, 0.3) is 10.1 Å². The van der Waals surface area contributed by atoms with Crippen molar-refractivity contribution in [3.8, 4) is 17.2 Å². The Bertz CT molecular complexity index is 813. The number of benzene rings is 2. The van der Waals surface area contributed by atoms with Gasteiger partial charge in [0.1, 0.15) is 17.2 Å². The van der Waals surface area contributed by atoms with Crippen molar-refractivity contribution in [2.24, 2.45) is 0 Å². The molecule has 0 fully saturated rings. The minimum atomic E-state index is -4.27. The fraction of sp³-hybridized carbons (Fsp3) is 0.429. The smallest absolute Gasteiger partial charge is 0.294 e. The predicted octanol–water partition coefficient (Wildman–Crippen LogP) is 5.72. The van der Waals surface area contributed by atoms with Gasteiger partial charge in [-0.25, -0.2) is 0 Å². The maximum atomic E-state index is 11.7. The monoisotopic (exact) mass is 392 g/mol. The average molecular weight is 393 g/mol. The molecule has 0 saturated heterocycles. The summed E-state index contributed by atoms with van der Waals surface area (Å²) in [4.78, 5) is -0.0634. The lowest BCUT2D eigenvalue weighted by Gasteiger charge is -2.11. The van der Waals surface area contributed by atoms with E-state index >= 15 is 0 Å². The summed E-state index contributed by atoms with van der Waals surface area (Å²) in [5.74, 6) is 1.17. The molecule has 2 N–H and O–H groups in total. The average Bonchev–Trinajstić information content (AvgIpc) is 2.62. The van der Waals surface area contributed by atoms with E-state index in [1.165, 1.54) is 49.9 Å². The van der Waals surface area contributed by atoms with Gasteiger partial charge < -0.3 is 9.84 Å². The van der Waals surface area contributed by atoms with Gasteiger partial charge in [-0.15, -0.1) is 0 Å². The lowest BCUT2D eigenvalue weighted by atomic mass is 10.0. The molecule has 0 amide bonds. The summed E-state index contributed by atoms with van der Waals surface area (Å²) in [6.07, 6.45) is 8.48. The second kappa shape index (κ2) is 10.3. The number of hydrogen-bond acceptors (Lipinski definition) is 4. The molecule has 2 aromatic rings. The van der Waals surface area contributed by atoms with Crippen molar-refractivity contribution in [2.75, 3.05) is 0 Å². The molecule has 27 heavy (non-hydrogen) atoms. The molecule has 0 aliphatic heterocycles. The zero-order chi connectivity index (χ0) is 19.7. The predicted molar refractivity (Wildman–Crippen MR) is 106 cm³/mol. The summed E-state index contributed by atoms with van der Waals surface area (Å²) in [6.45, 7) is 2.18. The quantitative estimate of drug-likeness (QED) is 0.377. The second-order valence-corrected chi connectivity index (χ2v) is 8.10. The van der Waals surface area contributed by atoms with Crippen LogP contribution in [0.2, 0.25) is 0 Å². The molecular formula is C21H28O5S. The largest absolute Gasteiger partial charge is 0.508 e. The van der Waals surface area contributed by atoms with Gasteiger partial charge in [-0.2, -0.15) is 8.42 Å². The Hall–Kier alpha value is -2.05. The van der Waals surface area contributed by atoms with Crippen LogP contribution in [0, 0.1) is 0 Å². The van der Waals surface area contributed by atoms with E-state index in [9.17, 15) is 18.1 Å². The minimum absolute atomic E-state index is 0.0634. The van der Waals surface area contributed by atoms with Crippen LogP contribution >= 0.6 is 0 Å². The fourth-order valence-corrected chi connectivity index (χ4v) is 3.72. The molecule has 0 atom stereocenters. The van der Waals surface area contributed by atoms with Crippen LogP contribution in [0.15, 0.2) is 47.4 Å². The number of aryl methyl sites for hydroxylation is 1. The maximum Gasteiger partial charge on any atom is 0.294 e. The van der Waals surface area contributed by atoms with Gasteiger partial charge in [-0.05, 0) is 60.9 Å². The molecule has 0 aromatic heterocycles. The van der Waals surface area contributed by atoms with Gasteiger partial charge >= 0.3 is 0 Å². The summed E-state index contributed by atoms with van der Waals surface area (Å²) >= 11 is 0. The molecule has 2 rings (SSSR count). The first-order valence-corrected chi connectivity index (χ1v) is 10.9. The van der Waals surface area contributed by atoms with Crippen molar-refractivity contribution >= 4 is 10.1 Å². The number of phenols is 1. The summed E-state index contributed by atoms with van der Waals surface area (Å²) in [5.41, 5.74) is 0.558. The molecule has 6 heteroatoms.